The molecule has 1 N–H and O–H groups in total. The molecule has 21 heavy (non-hydrogen) atoms. The first-order valence-electron chi connectivity index (χ1n) is 7.50. The third-order valence-electron chi connectivity index (χ3n) is 4.16. The van der Waals surface area contributed by atoms with E-state index in [1.165, 1.54) is 0 Å². The first kappa shape index (κ1) is 14.0. The van der Waals surface area contributed by atoms with Crippen molar-refractivity contribution >= 4 is 16.9 Å². The lowest BCUT2D eigenvalue weighted by molar-refractivity contribution is 0.0906. The second kappa shape index (κ2) is 5.81. The Morgan fingerprint density at radius 3 is 3.14 bits per heavy atom. The molecule has 1 amide bonds. The van der Waals surface area contributed by atoms with Crippen LogP contribution in [0.1, 0.15) is 30.1 Å². The zero-order valence-electron chi connectivity index (χ0n) is 12.5. The van der Waals surface area contributed by atoms with Crippen LogP contribution in [0.3, 0.4) is 0 Å². The number of aromatic nitrogens is 3. The van der Waals surface area contributed by atoms with Gasteiger partial charge in [-0.1, -0.05) is 12.1 Å². The first-order valence-corrected chi connectivity index (χ1v) is 7.50. The summed E-state index contributed by atoms with van der Waals surface area (Å²) in [4.78, 5) is 14.7. The average Bonchev–Trinajstić information content (AvgIpc) is 2.88. The highest BCUT2D eigenvalue weighted by molar-refractivity contribution is 5.97. The third-order valence-corrected chi connectivity index (χ3v) is 4.16. The van der Waals surface area contributed by atoms with Crippen LogP contribution in [0.5, 0.6) is 0 Å². The SMILES string of the molecule is CCN1CCCC(NC(=O)c2ccc3c(c2)nnn3C)C1. The molecule has 112 valence electrons. The first-order chi connectivity index (χ1) is 10.2. The van der Waals surface area contributed by atoms with Crippen molar-refractivity contribution in [3.05, 3.63) is 23.8 Å². The van der Waals surface area contributed by atoms with Gasteiger partial charge in [0.15, 0.2) is 0 Å². The van der Waals surface area contributed by atoms with Crippen molar-refractivity contribution in [1.82, 2.24) is 25.2 Å². The van der Waals surface area contributed by atoms with Gasteiger partial charge in [-0.2, -0.15) is 0 Å². The van der Waals surface area contributed by atoms with Gasteiger partial charge < -0.3 is 10.2 Å². The number of likely N-dealkylation sites (N-methyl/N-ethyl adjacent to an activating group) is 1. The van der Waals surface area contributed by atoms with Gasteiger partial charge in [0.05, 0.1) is 5.52 Å². The minimum atomic E-state index is -0.0227. The summed E-state index contributed by atoms with van der Waals surface area (Å²) in [6.07, 6.45) is 2.19. The average molecular weight is 287 g/mol. The quantitative estimate of drug-likeness (QED) is 0.921. The third kappa shape index (κ3) is 2.90. The molecule has 0 radical (unpaired) electrons. The number of likely N-dealkylation sites (tertiary alicyclic amines) is 1. The van der Waals surface area contributed by atoms with Crippen LogP contribution >= 0.6 is 0 Å². The molecule has 2 heterocycles. The summed E-state index contributed by atoms with van der Waals surface area (Å²) in [5.74, 6) is -0.0227. The number of carbonyl (C=O) groups is 1. The van der Waals surface area contributed by atoms with Gasteiger partial charge in [-0.25, -0.2) is 4.68 Å². The van der Waals surface area contributed by atoms with Crippen LogP contribution < -0.4 is 5.32 Å². The second-order valence-electron chi connectivity index (χ2n) is 5.62. The Hall–Kier alpha value is -1.95. The Morgan fingerprint density at radius 2 is 2.33 bits per heavy atom. The number of piperidine rings is 1. The van der Waals surface area contributed by atoms with E-state index in [0.717, 1.165) is 43.5 Å². The van der Waals surface area contributed by atoms with Crippen molar-refractivity contribution in [2.75, 3.05) is 19.6 Å². The molecule has 0 bridgehead atoms. The lowest BCUT2D eigenvalue weighted by atomic mass is 10.0. The van der Waals surface area contributed by atoms with Gasteiger partial charge in [-0.05, 0) is 44.1 Å². The van der Waals surface area contributed by atoms with Gasteiger partial charge in [0, 0.05) is 25.2 Å². The highest BCUT2D eigenvalue weighted by Gasteiger charge is 2.21. The molecule has 2 aromatic rings. The summed E-state index contributed by atoms with van der Waals surface area (Å²) >= 11 is 0. The second-order valence-corrected chi connectivity index (χ2v) is 5.62. The molecule has 1 aliphatic rings. The normalized spacial score (nSPS) is 19.8. The molecule has 1 saturated heterocycles. The molecule has 0 saturated carbocycles. The fraction of sp³-hybridized carbons (Fsp3) is 0.533. The molecular weight excluding hydrogens is 266 g/mol. The molecule has 1 fully saturated rings. The summed E-state index contributed by atoms with van der Waals surface area (Å²) in [6, 6.07) is 5.77. The topological polar surface area (TPSA) is 63.1 Å². The van der Waals surface area contributed by atoms with Crippen LogP contribution in [-0.4, -0.2) is 51.5 Å². The zero-order valence-corrected chi connectivity index (χ0v) is 12.5. The molecule has 3 rings (SSSR count). The lowest BCUT2D eigenvalue weighted by Crippen LogP contribution is -2.47. The Labute approximate surface area is 124 Å². The molecular formula is C15H21N5O. The van der Waals surface area contributed by atoms with E-state index in [9.17, 15) is 4.79 Å². The van der Waals surface area contributed by atoms with Crippen molar-refractivity contribution in [2.45, 2.75) is 25.8 Å². The largest absolute Gasteiger partial charge is 0.348 e. The van der Waals surface area contributed by atoms with E-state index in [2.05, 4.69) is 27.5 Å². The predicted octanol–water partition coefficient (Wildman–Crippen LogP) is 1.18. The molecule has 6 nitrogen and oxygen atoms in total. The van der Waals surface area contributed by atoms with Crippen LogP contribution in [0.15, 0.2) is 18.2 Å². The van der Waals surface area contributed by atoms with E-state index in [1.54, 1.807) is 10.7 Å². The van der Waals surface area contributed by atoms with E-state index < -0.39 is 0 Å². The van der Waals surface area contributed by atoms with Gasteiger partial charge in [0.1, 0.15) is 5.52 Å². The maximum atomic E-state index is 12.4. The summed E-state index contributed by atoms with van der Waals surface area (Å²) < 4.78 is 1.71. The standard InChI is InChI=1S/C15H21N5O/c1-3-20-8-4-5-12(10-20)16-15(21)11-6-7-14-13(9-11)17-18-19(14)2/h6-7,9,12H,3-5,8,10H2,1-2H3,(H,16,21). The van der Waals surface area contributed by atoms with Gasteiger partial charge in [0.2, 0.25) is 0 Å². The number of aryl methyl sites for hydroxylation is 1. The van der Waals surface area contributed by atoms with E-state index in [-0.39, 0.29) is 11.9 Å². The zero-order chi connectivity index (χ0) is 14.8. The number of fused-ring (bicyclic) bond motifs is 1. The Bertz CT molecular complexity index is 651. The molecule has 1 unspecified atom stereocenters. The fourth-order valence-corrected chi connectivity index (χ4v) is 2.91. The molecule has 6 heteroatoms. The summed E-state index contributed by atoms with van der Waals surface area (Å²) in [5, 5.41) is 11.2. The van der Waals surface area contributed by atoms with Crippen molar-refractivity contribution in [3.8, 4) is 0 Å². The highest BCUT2D eigenvalue weighted by atomic mass is 16.1. The number of hydrogen-bond acceptors (Lipinski definition) is 4. The van der Waals surface area contributed by atoms with Gasteiger partial charge in [-0.15, -0.1) is 5.10 Å². The van der Waals surface area contributed by atoms with Crippen molar-refractivity contribution in [1.29, 1.82) is 0 Å². The fourth-order valence-electron chi connectivity index (χ4n) is 2.91. The smallest absolute Gasteiger partial charge is 0.251 e. The number of nitrogens with zero attached hydrogens (tertiary/aromatic N) is 4. The maximum Gasteiger partial charge on any atom is 0.251 e. The maximum absolute atomic E-state index is 12.4. The molecule has 1 aromatic carbocycles. The Balaban J connectivity index is 1.71. The number of nitrogens with one attached hydrogen (secondary N) is 1. The van der Waals surface area contributed by atoms with E-state index >= 15 is 0 Å². The van der Waals surface area contributed by atoms with Crippen LogP contribution in [0.25, 0.3) is 11.0 Å². The van der Waals surface area contributed by atoms with Crippen molar-refractivity contribution < 1.29 is 4.79 Å². The van der Waals surface area contributed by atoms with Crippen LogP contribution in [0, 0.1) is 0 Å². The van der Waals surface area contributed by atoms with Crippen LogP contribution in [0.2, 0.25) is 0 Å². The van der Waals surface area contributed by atoms with Crippen molar-refractivity contribution in [2.24, 2.45) is 7.05 Å². The lowest BCUT2D eigenvalue weighted by Gasteiger charge is -2.32. The van der Waals surface area contributed by atoms with E-state index in [1.807, 2.05) is 19.2 Å². The highest BCUT2D eigenvalue weighted by Crippen LogP contribution is 2.14. The number of carbonyl (C=O) groups excluding carboxylic acids is 1. The number of rotatable bonds is 3. The number of amides is 1. The van der Waals surface area contributed by atoms with Crippen molar-refractivity contribution in [3.63, 3.8) is 0 Å². The van der Waals surface area contributed by atoms with Gasteiger partial charge in [-0.3, -0.25) is 4.79 Å². The minimum absolute atomic E-state index is 0.0227. The van der Waals surface area contributed by atoms with Crippen LogP contribution in [0.4, 0.5) is 0 Å². The van der Waals surface area contributed by atoms with Gasteiger partial charge >= 0.3 is 0 Å². The molecule has 0 aliphatic carbocycles. The number of hydrogen-bond donors (Lipinski definition) is 1. The molecule has 1 aliphatic heterocycles. The predicted molar refractivity (Wildman–Crippen MR) is 81.1 cm³/mol. The molecule has 1 aromatic heterocycles. The van der Waals surface area contributed by atoms with E-state index in [0.29, 0.717) is 5.56 Å². The molecule has 0 spiro atoms. The summed E-state index contributed by atoms with van der Waals surface area (Å²) in [5.41, 5.74) is 2.34. The minimum Gasteiger partial charge on any atom is -0.348 e. The summed E-state index contributed by atoms with van der Waals surface area (Å²) in [6.45, 7) is 5.27. The monoisotopic (exact) mass is 287 g/mol. The van der Waals surface area contributed by atoms with Gasteiger partial charge in [0.25, 0.3) is 5.91 Å². The van der Waals surface area contributed by atoms with E-state index in [4.69, 9.17) is 0 Å². The summed E-state index contributed by atoms with van der Waals surface area (Å²) in [7, 11) is 1.84. The number of benzene rings is 1. The molecule has 1 atom stereocenters. The Morgan fingerprint density at radius 1 is 1.48 bits per heavy atom. The van der Waals surface area contributed by atoms with Crippen LogP contribution in [-0.2, 0) is 7.05 Å². The Kier molecular flexibility index (Phi) is 3.88.